The Kier molecular flexibility index (Phi) is 6.01. The highest BCUT2D eigenvalue weighted by Gasteiger charge is 2.05. The van der Waals surface area contributed by atoms with Gasteiger partial charge in [-0.25, -0.2) is 0 Å². The lowest BCUT2D eigenvalue weighted by Gasteiger charge is -2.12. The zero-order valence-electron chi connectivity index (χ0n) is 9.65. The topological polar surface area (TPSA) is 29.1 Å². The number of benzene rings is 1. The largest absolute Gasteiger partial charge is 0.356 e. The molecule has 1 aromatic carbocycles. The average molecular weight is 237 g/mol. The van der Waals surface area contributed by atoms with Gasteiger partial charge in [-0.1, -0.05) is 37.3 Å². The highest BCUT2D eigenvalue weighted by Crippen LogP contribution is 2.17. The van der Waals surface area contributed by atoms with Gasteiger partial charge in [0.05, 0.1) is 0 Å². The first-order chi connectivity index (χ1) is 7.74. The molecule has 16 heavy (non-hydrogen) atoms. The van der Waals surface area contributed by atoms with Gasteiger partial charge in [0.2, 0.25) is 5.91 Å². The molecule has 1 atom stereocenters. The van der Waals surface area contributed by atoms with Crippen molar-refractivity contribution < 1.29 is 4.79 Å². The Morgan fingerprint density at radius 1 is 1.38 bits per heavy atom. The van der Waals surface area contributed by atoms with E-state index in [0.29, 0.717) is 18.1 Å². The number of carbonyl (C=O) groups is 1. The summed E-state index contributed by atoms with van der Waals surface area (Å²) in [5.74, 6) is 1.19. The van der Waals surface area contributed by atoms with Crippen LogP contribution >= 0.6 is 12.6 Å². The maximum absolute atomic E-state index is 11.2. The van der Waals surface area contributed by atoms with Gasteiger partial charge in [-0.2, -0.15) is 12.6 Å². The average Bonchev–Trinajstić information content (AvgIpc) is 2.30. The quantitative estimate of drug-likeness (QED) is 0.732. The summed E-state index contributed by atoms with van der Waals surface area (Å²) in [4.78, 5) is 11.2. The molecule has 0 aromatic heterocycles. The minimum Gasteiger partial charge on any atom is -0.356 e. The molecule has 1 rings (SSSR count). The SMILES string of the molecule is CC(CCNC(=O)CCS)c1ccccc1. The van der Waals surface area contributed by atoms with Crippen molar-refractivity contribution in [1.82, 2.24) is 5.32 Å². The van der Waals surface area contributed by atoms with Crippen LogP contribution in [0.15, 0.2) is 30.3 Å². The second-order valence-electron chi connectivity index (χ2n) is 3.92. The minimum absolute atomic E-state index is 0.0928. The zero-order valence-corrected chi connectivity index (χ0v) is 10.5. The summed E-state index contributed by atoms with van der Waals surface area (Å²) >= 11 is 4.02. The lowest BCUT2D eigenvalue weighted by molar-refractivity contribution is -0.120. The molecule has 0 saturated carbocycles. The molecule has 1 unspecified atom stereocenters. The van der Waals surface area contributed by atoms with Crippen molar-refractivity contribution in [2.45, 2.75) is 25.7 Å². The molecule has 3 heteroatoms. The summed E-state index contributed by atoms with van der Waals surface area (Å²) in [6.45, 7) is 2.92. The van der Waals surface area contributed by atoms with Crippen LogP contribution in [0.1, 0.15) is 31.2 Å². The summed E-state index contributed by atoms with van der Waals surface area (Å²) in [7, 11) is 0. The van der Waals surface area contributed by atoms with Gasteiger partial charge in [0.15, 0.2) is 0 Å². The third-order valence-electron chi connectivity index (χ3n) is 2.61. The summed E-state index contributed by atoms with van der Waals surface area (Å²) in [6.07, 6.45) is 1.48. The standard InChI is InChI=1S/C13H19NOS/c1-11(12-5-3-2-4-6-12)7-9-14-13(15)8-10-16/h2-6,11,16H,7-10H2,1H3,(H,14,15). The second-order valence-corrected chi connectivity index (χ2v) is 4.37. The maximum atomic E-state index is 11.2. The van der Waals surface area contributed by atoms with Crippen molar-refractivity contribution in [2.24, 2.45) is 0 Å². The van der Waals surface area contributed by atoms with Gasteiger partial charge in [-0.05, 0) is 23.7 Å². The molecule has 1 N–H and O–H groups in total. The number of amides is 1. The first-order valence-electron chi connectivity index (χ1n) is 5.66. The molecule has 0 aliphatic carbocycles. The highest BCUT2D eigenvalue weighted by atomic mass is 32.1. The van der Waals surface area contributed by atoms with E-state index in [1.165, 1.54) is 5.56 Å². The predicted octanol–water partition coefficient (Wildman–Crippen LogP) is 2.62. The first kappa shape index (κ1) is 13.1. The summed E-state index contributed by atoms with van der Waals surface area (Å²) in [6, 6.07) is 10.4. The number of hydrogen-bond acceptors (Lipinski definition) is 2. The fourth-order valence-corrected chi connectivity index (χ4v) is 1.77. The van der Waals surface area contributed by atoms with Crippen molar-refractivity contribution in [2.75, 3.05) is 12.3 Å². The fourth-order valence-electron chi connectivity index (χ4n) is 1.57. The van der Waals surface area contributed by atoms with Crippen molar-refractivity contribution in [1.29, 1.82) is 0 Å². The second kappa shape index (κ2) is 7.34. The predicted molar refractivity (Wildman–Crippen MR) is 71.0 cm³/mol. The Morgan fingerprint density at radius 3 is 2.69 bits per heavy atom. The van der Waals surface area contributed by atoms with E-state index in [1.807, 2.05) is 18.2 Å². The summed E-state index contributed by atoms with van der Waals surface area (Å²) in [5.41, 5.74) is 1.32. The molecule has 0 radical (unpaired) electrons. The molecule has 0 saturated heterocycles. The van der Waals surface area contributed by atoms with Crippen LogP contribution in [0.4, 0.5) is 0 Å². The van der Waals surface area contributed by atoms with Crippen molar-refractivity contribution in [3.63, 3.8) is 0 Å². The van der Waals surface area contributed by atoms with E-state index in [-0.39, 0.29) is 5.91 Å². The molecule has 0 fully saturated rings. The molecule has 1 amide bonds. The van der Waals surface area contributed by atoms with E-state index in [9.17, 15) is 4.79 Å². The summed E-state index contributed by atoms with van der Waals surface area (Å²) in [5, 5.41) is 2.90. The van der Waals surface area contributed by atoms with Crippen LogP contribution in [-0.2, 0) is 4.79 Å². The van der Waals surface area contributed by atoms with Gasteiger partial charge in [-0.3, -0.25) is 4.79 Å². The van der Waals surface area contributed by atoms with E-state index < -0.39 is 0 Å². The number of thiol groups is 1. The van der Waals surface area contributed by atoms with Crippen LogP contribution in [0.5, 0.6) is 0 Å². The van der Waals surface area contributed by atoms with Gasteiger partial charge in [-0.15, -0.1) is 0 Å². The monoisotopic (exact) mass is 237 g/mol. The molecular formula is C13H19NOS. The number of nitrogens with one attached hydrogen (secondary N) is 1. The number of hydrogen-bond donors (Lipinski definition) is 2. The van der Waals surface area contributed by atoms with E-state index in [2.05, 4.69) is 37.0 Å². The lowest BCUT2D eigenvalue weighted by Crippen LogP contribution is -2.25. The molecule has 0 spiro atoms. The van der Waals surface area contributed by atoms with E-state index in [0.717, 1.165) is 13.0 Å². The summed E-state index contributed by atoms with van der Waals surface area (Å²) < 4.78 is 0. The number of rotatable bonds is 6. The van der Waals surface area contributed by atoms with Crippen LogP contribution in [0.3, 0.4) is 0 Å². The van der Waals surface area contributed by atoms with Crippen molar-refractivity contribution in [3.05, 3.63) is 35.9 Å². The van der Waals surface area contributed by atoms with E-state index >= 15 is 0 Å². The zero-order chi connectivity index (χ0) is 11.8. The van der Waals surface area contributed by atoms with E-state index in [1.54, 1.807) is 0 Å². The molecule has 88 valence electrons. The Hall–Kier alpha value is -0.960. The van der Waals surface area contributed by atoms with Crippen molar-refractivity contribution in [3.8, 4) is 0 Å². The van der Waals surface area contributed by atoms with Gasteiger partial charge >= 0.3 is 0 Å². The van der Waals surface area contributed by atoms with Gasteiger partial charge in [0.1, 0.15) is 0 Å². The van der Waals surface area contributed by atoms with Crippen molar-refractivity contribution >= 4 is 18.5 Å². The van der Waals surface area contributed by atoms with Gasteiger partial charge in [0, 0.05) is 13.0 Å². The molecular weight excluding hydrogens is 218 g/mol. The van der Waals surface area contributed by atoms with Crippen LogP contribution in [0.2, 0.25) is 0 Å². The molecule has 0 bridgehead atoms. The lowest BCUT2D eigenvalue weighted by atomic mass is 9.98. The maximum Gasteiger partial charge on any atom is 0.220 e. The normalized spacial score (nSPS) is 12.1. The third-order valence-corrected chi connectivity index (χ3v) is 2.83. The Morgan fingerprint density at radius 2 is 2.06 bits per heavy atom. The van der Waals surface area contributed by atoms with Crippen LogP contribution < -0.4 is 5.32 Å². The minimum atomic E-state index is 0.0928. The Labute approximate surface area is 103 Å². The van der Waals surface area contributed by atoms with Gasteiger partial charge in [0.25, 0.3) is 0 Å². The van der Waals surface area contributed by atoms with Gasteiger partial charge < -0.3 is 5.32 Å². The first-order valence-corrected chi connectivity index (χ1v) is 6.29. The van der Waals surface area contributed by atoms with Crippen LogP contribution in [-0.4, -0.2) is 18.2 Å². The Bertz CT molecular complexity index is 313. The molecule has 1 aromatic rings. The molecule has 0 heterocycles. The molecule has 2 nitrogen and oxygen atoms in total. The number of carbonyl (C=O) groups excluding carboxylic acids is 1. The highest BCUT2D eigenvalue weighted by molar-refractivity contribution is 7.80. The van der Waals surface area contributed by atoms with Crippen LogP contribution in [0.25, 0.3) is 0 Å². The van der Waals surface area contributed by atoms with Crippen LogP contribution in [0, 0.1) is 0 Å². The fraction of sp³-hybridized carbons (Fsp3) is 0.462. The third kappa shape index (κ3) is 4.71. The Balaban J connectivity index is 2.26. The van der Waals surface area contributed by atoms with E-state index in [4.69, 9.17) is 0 Å². The molecule has 0 aliphatic heterocycles. The molecule has 0 aliphatic rings. The smallest absolute Gasteiger partial charge is 0.220 e.